The first kappa shape index (κ1) is 11.4. The van der Waals surface area contributed by atoms with Crippen molar-refractivity contribution in [1.29, 1.82) is 0 Å². The van der Waals surface area contributed by atoms with Gasteiger partial charge in [-0.3, -0.25) is 0 Å². The van der Waals surface area contributed by atoms with Crippen LogP contribution in [-0.4, -0.2) is 16.1 Å². The number of carboxylic acids is 1. The third-order valence-corrected chi connectivity index (χ3v) is 2.58. The zero-order chi connectivity index (χ0) is 12.4. The van der Waals surface area contributed by atoms with Crippen LogP contribution in [0.4, 0.5) is 5.82 Å². The quantitative estimate of drug-likeness (QED) is 0.857. The molecule has 0 bridgehead atoms. The molecule has 0 amide bonds. The number of carbonyl (C=O) groups is 1. The zero-order valence-corrected chi connectivity index (χ0v) is 9.48. The van der Waals surface area contributed by atoms with Gasteiger partial charge < -0.3 is 10.8 Å². The number of benzene rings is 1. The summed E-state index contributed by atoms with van der Waals surface area (Å²) in [6, 6.07) is 8.54. The minimum absolute atomic E-state index is 0.00236. The van der Waals surface area contributed by atoms with Crippen LogP contribution in [0.25, 0.3) is 11.1 Å². The number of aromatic nitrogens is 1. The second kappa shape index (κ2) is 4.43. The lowest BCUT2D eigenvalue weighted by Gasteiger charge is -2.04. The highest BCUT2D eigenvalue weighted by molar-refractivity contribution is 6.30. The molecule has 5 heteroatoms. The lowest BCUT2D eigenvalue weighted by Crippen LogP contribution is -2.04. The molecule has 2 aromatic rings. The minimum Gasteiger partial charge on any atom is -0.478 e. The first-order valence-corrected chi connectivity index (χ1v) is 5.20. The number of hydrogen-bond acceptors (Lipinski definition) is 3. The number of anilines is 1. The molecule has 2 rings (SSSR count). The van der Waals surface area contributed by atoms with Gasteiger partial charge in [0.1, 0.15) is 11.4 Å². The fraction of sp³-hybridized carbons (Fsp3) is 0. The summed E-state index contributed by atoms with van der Waals surface area (Å²) < 4.78 is 0. The third-order valence-electron chi connectivity index (χ3n) is 2.33. The number of aromatic carboxylic acids is 1. The van der Waals surface area contributed by atoms with Crippen molar-refractivity contribution in [3.8, 4) is 11.1 Å². The molecule has 0 atom stereocenters. The van der Waals surface area contributed by atoms with E-state index in [4.69, 9.17) is 22.4 Å². The van der Waals surface area contributed by atoms with Crippen LogP contribution in [0.3, 0.4) is 0 Å². The van der Waals surface area contributed by atoms with Gasteiger partial charge in [0, 0.05) is 16.8 Å². The van der Waals surface area contributed by atoms with E-state index < -0.39 is 5.97 Å². The smallest absolute Gasteiger partial charge is 0.339 e. The SMILES string of the molecule is Nc1ncc(-c2ccc(Cl)cc2)cc1C(=O)O. The molecule has 0 unspecified atom stereocenters. The van der Waals surface area contributed by atoms with E-state index in [0.29, 0.717) is 10.6 Å². The van der Waals surface area contributed by atoms with E-state index in [0.717, 1.165) is 5.56 Å². The van der Waals surface area contributed by atoms with Crippen molar-refractivity contribution in [1.82, 2.24) is 4.98 Å². The predicted molar refractivity (Wildman–Crippen MR) is 66.1 cm³/mol. The Morgan fingerprint density at radius 2 is 1.88 bits per heavy atom. The van der Waals surface area contributed by atoms with Gasteiger partial charge in [-0.2, -0.15) is 0 Å². The van der Waals surface area contributed by atoms with Crippen molar-refractivity contribution in [2.24, 2.45) is 0 Å². The van der Waals surface area contributed by atoms with E-state index in [1.807, 2.05) is 0 Å². The molecule has 17 heavy (non-hydrogen) atoms. The van der Waals surface area contributed by atoms with Gasteiger partial charge in [-0.05, 0) is 23.8 Å². The van der Waals surface area contributed by atoms with Crippen molar-refractivity contribution < 1.29 is 9.90 Å². The Labute approximate surface area is 103 Å². The summed E-state index contributed by atoms with van der Waals surface area (Å²) in [6.07, 6.45) is 1.53. The maximum Gasteiger partial charge on any atom is 0.339 e. The van der Waals surface area contributed by atoms with Gasteiger partial charge in [0.15, 0.2) is 0 Å². The minimum atomic E-state index is -1.09. The van der Waals surface area contributed by atoms with Crippen LogP contribution in [0, 0.1) is 0 Å². The predicted octanol–water partition coefficient (Wildman–Crippen LogP) is 2.68. The summed E-state index contributed by atoms with van der Waals surface area (Å²) in [7, 11) is 0. The molecule has 4 nitrogen and oxygen atoms in total. The summed E-state index contributed by atoms with van der Waals surface area (Å²) >= 11 is 5.78. The van der Waals surface area contributed by atoms with Crippen molar-refractivity contribution in [2.45, 2.75) is 0 Å². The van der Waals surface area contributed by atoms with Crippen molar-refractivity contribution in [2.75, 3.05) is 5.73 Å². The third kappa shape index (κ3) is 2.37. The number of halogens is 1. The Balaban J connectivity index is 2.50. The molecule has 0 spiro atoms. The summed E-state index contributed by atoms with van der Waals surface area (Å²) in [4.78, 5) is 14.8. The lowest BCUT2D eigenvalue weighted by atomic mass is 10.1. The van der Waals surface area contributed by atoms with Crippen LogP contribution < -0.4 is 5.73 Å². The Bertz CT molecular complexity index is 567. The summed E-state index contributed by atoms with van der Waals surface area (Å²) in [5.41, 5.74) is 7.00. The molecule has 0 aliphatic heterocycles. The van der Waals surface area contributed by atoms with Gasteiger partial charge >= 0.3 is 5.97 Å². The Kier molecular flexibility index (Phi) is 2.97. The van der Waals surface area contributed by atoms with Gasteiger partial charge in [0.05, 0.1) is 0 Å². The molecule has 0 saturated carbocycles. The van der Waals surface area contributed by atoms with Crippen LogP contribution in [0.5, 0.6) is 0 Å². The fourth-order valence-corrected chi connectivity index (χ4v) is 1.57. The zero-order valence-electron chi connectivity index (χ0n) is 8.72. The van der Waals surface area contributed by atoms with E-state index in [1.165, 1.54) is 12.3 Å². The number of pyridine rings is 1. The molecule has 86 valence electrons. The normalized spacial score (nSPS) is 10.2. The van der Waals surface area contributed by atoms with E-state index in [2.05, 4.69) is 4.98 Å². The van der Waals surface area contributed by atoms with Gasteiger partial charge in [0.2, 0.25) is 0 Å². The molecule has 1 aromatic carbocycles. The van der Waals surface area contributed by atoms with E-state index in [9.17, 15) is 4.79 Å². The van der Waals surface area contributed by atoms with Crippen molar-refractivity contribution in [3.05, 3.63) is 47.1 Å². The molecule has 1 aromatic heterocycles. The molecule has 1 heterocycles. The molecular weight excluding hydrogens is 240 g/mol. The van der Waals surface area contributed by atoms with Crippen LogP contribution in [-0.2, 0) is 0 Å². The van der Waals surface area contributed by atoms with Gasteiger partial charge in [-0.15, -0.1) is 0 Å². The fourth-order valence-electron chi connectivity index (χ4n) is 1.45. The standard InChI is InChI=1S/C12H9ClN2O2/c13-9-3-1-7(2-4-9)8-5-10(12(16)17)11(14)15-6-8/h1-6H,(H2,14,15)(H,16,17). The summed E-state index contributed by atoms with van der Waals surface area (Å²) in [5.74, 6) is -1.08. The molecular formula is C12H9ClN2O2. The molecule has 0 fully saturated rings. The number of hydrogen-bond donors (Lipinski definition) is 2. The van der Waals surface area contributed by atoms with Crippen LogP contribution in [0.1, 0.15) is 10.4 Å². The van der Waals surface area contributed by atoms with Gasteiger partial charge in [-0.25, -0.2) is 9.78 Å². The van der Waals surface area contributed by atoms with Crippen LogP contribution in [0.2, 0.25) is 5.02 Å². The summed E-state index contributed by atoms with van der Waals surface area (Å²) in [5, 5.41) is 9.56. The number of nitrogen functional groups attached to an aromatic ring is 1. The largest absolute Gasteiger partial charge is 0.478 e. The van der Waals surface area contributed by atoms with E-state index >= 15 is 0 Å². The number of nitrogens with two attached hydrogens (primary N) is 1. The van der Waals surface area contributed by atoms with Crippen molar-refractivity contribution >= 4 is 23.4 Å². The average molecular weight is 249 g/mol. The highest BCUT2D eigenvalue weighted by Crippen LogP contribution is 2.23. The van der Waals surface area contributed by atoms with Gasteiger partial charge in [0.25, 0.3) is 0 Å². The molecule has 0 radical (unpaired) electrons. The second-order valence-electron chi connectivity index (χ2n) is 3.47. The molecule has 0 saturated heterocycles. The van der Waals surface area contributed by atoms with Crippen LogP contribution in [0.15, 0.2) is 36.5 Å². The highest BCUT2D eigenvalue weighted by atomic mass is 35.5. The summed E-state index contributed by atoms with van der Waals surface area (Å²) in [6.45, 7) is 0. The van der Waals surface area contributed by atoms with Gasteiger partial charge in [-0.1, -0.05) is 23.7 Å². The molecule has 0 aliphatic rings. The first-order valence-electron chi connectivity index (χ1n) is 4.82. The van der Waals surface area contributed by atoms with Crippen molar-refractivity contribution in [3.63, 3.8) is 0 Å². The number of carboxylic acid groups (broad SMARTS) is 1. The maximum absolute atomic E-state index is 10.9. The molecule has 0 aliphatic carbocycles. The highest BCUT2D eigenvalue weighted by Gasteiger charge is 2.10. The Morgan fingerprint density at radius 1 is 1.24 bits per heavy atom. The first-order chi connectivity index (χ1) is 8.08. The second-order valence-corrected chi connectivity index (χ2v) is 3.91. The number of nitrogens with zero attached hydrogens (tertiary/aromatic N) is 1. The van der Waals surface area contributed by atoms with Crippen LogP contribution >= 0.6 is 11.6 Å². The Morgan fingerprint density at radius 3 is 2.47 bits per heavy atom. The number of rotatable bonds is 2. The lowest BCUT2D eigenvalue weighted by molar-refractivity contribution is 0.0698. The molecule has 3 N–H and O–H groups in total. The average Bonchev–Trinajstić information content (AvgIpc) is 2.30. The Hall–Kier alpha value is -2.07. The van der Waals surface area contributed by atoms with E-state index in [1.54, 1.807) is 24.3 Å². The monoisotopic (exact) mass is 248 g/mol. The topological polar surface area (TPSA) is 76.2 Å². The maximum atomic E-state index is 10.9. The van der Waals surface area contributed by atoms with E-state index in [-0.39, 0.29) is 11.4 Å².